The number of carbonyl (C=O) groups is 1. The summed E-state index contributed by atoms with van der Waals surface area (Å²) in [6.45, 7) is 5.46. The molecule has 5 nitrogen and oxygen atoms in total. The van der Waals surface area contributed by atoms with Crippen molar-refractivity contribution in [2.75, 3.05) is 26.8 Å². The molecule has 0 atom stereocenters. The first-order valence-electron chi connectivity index (χ1n) is 5.13. The topological polar surface area (TPSA) is 76.7 Å². The molecule has 0 rings (SSSR count). The van der Waals surface area contributed by atoms with Crippen LogP contribution in [0.25, 0.3) is 0 Å². The molecule has 0 bridgehead atoms. The Morgan fingerprint density at radius 2 is 2.20 bits per heavy atom. The molecule has 3 N–H and O–H groups in total. The number of ether oxygens (including phenoxy) is 1. The lowest BCUT2D eigenvalue weighted by Crippen LogP contribution is -2.27. The molecule has 0 aliphatic heterocycles. The van der Waals surface area contributed by atoms with Crippen molar-refractivity contribution in [3.05, 3.63) is 0 Å². The highest BCUT2D eigenvalue weighted by molar-refractivity contribution is 5.82. The fourth-order valence-electron chi connectivity index (χ4n) is 0.850. The highest BCUT2D eigenvalue weighted by Gasteiger charge is 2.01. The van der Waals surface area contributed by atoms with Crippen LogP contribution in [0.15, 0.2) is 4.99 Å². The highest BCUT2D eigenvalue weighted by atomic mass is 16.5. The van der Waals surface area contributed by atoms with Crippen LogP contribution in [0, 0.1) is 5.92 Å². The van der Waals surface area contributed by atoms with E-state index in [1.807, 2.05) is 13.8 Å². The monoisotopic (exact) mass is 215 g/mol. The number of methoxy groups -OCH3 is 1. The summed E-state index contributed by atoms with van der Waals surface area (Å²) in [7, 11) is 1.60. The van der Waals surface area contributed by atoms with Gasteiger partial charge in [0.15, 0.2) is 0 Å². The average molecular weight is 215 g/mol. The Hall–Kier alpha value is -1.10. The Morgan fingerprint density at radius 1 is 1.53 bits per heavy atom. The summed E-state index contributed by atoms with van der Waals surface area (Å²) < 4.78 is 4.80. The second-order valence-electron chi connectivity index (χ2n) is 3.55. The maximum absolute atomic E-state index is 11.2. The van der Waals surface area contributed by atoms with E-state index >= 15 is 0 Å². The van der Waals surface area contributed by atoms with E-state index in [2.05, 4.69) is 10.3 Å². The summed E-state index contributed by atoms with van der Waals surface area (Å²) >= 11 is 0. The summed E-state index contributed by atoms with van der Waals surface area (Å²) in [4.78, 5) is 15.3. The van der Waals surface area contributed by atoms with Crippen LogP contribution >= 0.6 is 0 Å². The SMILES string of the molecule is COCCNC(=O)CCN=C(N)C(C)C. The minimum absolute atomic E-state index is 0.0210. The smallest absolute Gasteiger partial charge is 0.221 e. The van der Waals surface area contributed by atoms with E-state index in [0.29, 0.717) is 32.0 Å². The van der Waals surface area contributed by atoms with Gasteiger partial charge in [-0.15, -0.1) is 0 Å². The van der Waals surface area contributed by atoms with Gasteiger partial charge in [0.25, 0.3) is 0 Å². The van der Waals surface area contributed by atoms with Gasteiger partial charge >= 0.3 is 0 Å². The molecule has 0 aromatic heterocycles. The van der Waals surface area contributed by atoms with Crippen LogP contribution in [0.4, 0.5) is 0 Å². The Bertz CT molecular complexity index is 215. The number of hydrogen-bond donors (Lipinski definition) is 2. The minimum Gasteiger partial charge on any atom is -0.387 e. The molecule has 1 amide bonds. The van der Waals surface area contributed by atoms with Crippen LogP contribution in [0.1, 0.15) is 20.3 Å². The van der Waals surface area contributed by atoms with Gasteiger partial charge in [-0.3, -0.25) is 9.79 Å². The zero-order valence-electron chi connectivity index (χ0n) is 9.75. The van der Waals surface area contributed by atoms with Gasteiger partial charge in [-0.2, -0.15) is 0 Å². The zero-order valence-corrected chi connectivity index (χ0v) is 9.75. The largest absolute Gasteiger partial charge is 0.387 e. The second-order valence-corrected chi connectivity index (χ2v) is 3.55. The van der Waals surface area contributed by atoms with Gasteiger partial charge in [-0.1, -0.05) is 13.8 Å². The summed E-state index contributed by atoms with van der Waals surface area (Å²) in [5.41, 5.74) is 5.62. The lowest BCUT2D eigenvalue weighted by molar-refractivity contribution is -0.121. The van der Waals surface area contributed by atoms with Gasteiger partial charge in [0.1, 0.15) is 0 Å². The first-order chi connectivity index (χ1) is 7.07. The molecule has 0 fully saturated rings. The van der Waals surface area contributed by atoms with E-state index in [1.165, 1.54) is 0 Å². The van der Waals surface area contributed by atoms with Crippen molar-refractivity contribution in [2.45, 2.75) is 20.3 Å². The van der Waals surface area contributed by atoms with Gasteiger partial charge in [0, 0.05) is 32.5 Å². The Labute approximate surface area is 91.1 Å². The van der Waals surface area contributed by atoms with Crippen molar-refractivity contribution in [2.24, 2.45) is 16.6 Å². The number of nitrogens with one attached hydrogen (secondary N) is 1. The van der Waals surface area contributed by atoms with Crippen molar-refractivity contribution >= 4 is 11.7 Å². The average Bonchev–Trinajstić information content (AvgIpc) is 2.18. The third-order valence-corrected chi connectivity index (χ3v) is 1.85. The van der Waals surface area contributed by atoms with E-state index in [0.717, 1.165) is 0 Å². The van der Waals surface area contributed by atoms with Crippen LogP contribution in [-0.2, 0) is 9.53 Å². The van der Waals surface area contributed by atoms with Crippen molar-refractivity contribution in [1.82, 2.24) is 5.32 Å². The number of carbonyl (C=O) groups excluding carboxylic acids is 1. The molecule has 0 spiro atoms. The zero-order chi connectivity index (χ0) is 11.7. The highest BCUT2D eigenvalue weighted by Crippen LogP contribution is 1.92. The molecule has 5 heteroatoms. The van der Waals surface area contributed by atoms with Crippen LogP contribution < -0.4 is 11.1 Å². The molecule has 0 heterocycles. The quantitative estimate of drug-likeness (QED) is 0.360. The molecule has 0 saturated carbocycles. The number of nitrogens with zero attached hydrogens (tertiary/aromatic N) is 1. The number of nitrogens with two attached hydrogens (primary N) is 1. The molecule has 0 unspecified atom stereocenters. The fourth-order valence-corrected chi connectivity index (χ4v) is 0.850. The predicted octanol–water partition coefficient (Wildman–Crippen LogP) is 0.152. The molecular weight excluding hydrogens is 194 g/mol. The van der Waals surface area contributed by atoms with E-state index < -0.39 is 0 Å². The number of amides is 1. The molecule has 0 aliphatic rings. The minimum atomic E-state index is -0.0210. The van der Waals surface area contributed by atoms with Crippen molar-refractivity contribution in [1.29, 1.82) is 0 Å². The van der Waals surface area contributed by atoms with Crippen LogP contribution in [0.5, 0.6) is 0 Å². The summed E-state index contributed by atoms with van der Waals surface area (Å²) in [6.07, 6.45) is 0.372. The van der Waals surface area contributed by atoms with Crippen molar-refractivity contribution in [3.63, 3.8) is 0 Å². The Balaban J connectivity index is 3.58. The molecule has 0 saturated heterocycles. The second kappa shape index (κ2) is 8.23. The number of hydrogen-bond acceptors (Lipinski definition) is 3. The van der Waals surface area contributed by atoms with Crippen LogP contribution in [0.2, 0.25) is 0 Å². The Kier molecular flexibility index (Phi) is 7.62. The van der Waals surface area contributed by atoms with E-state index in [9.17, 15) is 4.79 Å². The molecule has 0 aromatic carbocycles. The summed E-state index contributed by atoms with van der Waals surface area (Å²) in [5, 5.41) is 2.71. The van der Waals surface area contributed by atoms with Gasteiger partial charge < -0.3 is 15.8 Å². The van der Waals surface area contributed by atoms with Crippen LogP contribution in [-0.4, -0.2) is 38.5 Å². The standard InChI is InChI=1S/C10H21N3O2/c1-8(2)10(11)13-5-4-9(14)12-6-7-15-3/h8H,4-7H2,1-3H3,(H2,11,13)(H,12,14). The van der Waals surface area contributed by atoms with Gasteiger partial charge in [-0.05, 0) is 0 Å². The number of aliphatic imine (C=N–C) groups is 1. The number of amidine groups is 1. The normalized spacial score (nSPS) is 11.9. The molecule has 15 heavy (non-hydrogen) atoms. The Morgan fingerprint density at radius 3 is 2.73 bits per heavy atom. The fraction of sp³-hybridized carbons (Fsp3) is 0.800. The molecule has 0 aliphatic carbocycles. The third kappa shape index (κ3) is 7.93. The first kappa shape index (κ1) is 13.9. The summed E-state index contributed by atoms with van der Waals surface area (Å²) in [5.74, 6) is 0.814. The predicted molar refractivity (Wildman–Crippen MR) is 60.8 cm³/mol. The maximum Gasteiger partial charge on any atom is 0.221 e. The summed E-state index contributed by atoms with van der Waals surface area (Å²) in [6, 6.07) is 0. The van der Waals surface area contributed by atoms with Crippen LogP contribution in [0.3, 0.4) is 0 Å². The molecule has 0 radical (unpaired) electrons. The molecular formula is C10H21N3O2. The molecule has 88 valence electrons. The first-order valence-corrected chi connectivity index (χ1v) is 5.13. The number of rotatable bonds is 7. The van der Waals surface area contributed by atoms with Crippen molar-refractivity contribution < 1.29 is 9.53 Å². The van der Waals surface area contributed by atoms with Gasteiger partial charge in [-0.25, -0.2) is 0 Å². The maximum atomic E-state index is 11.2. The van der Waals surface area contributed by atoms with E-state index in [-0.39, 0.29) is 11.8 Å². The third-order valence-electron chi connectivity index (χ3n) is 1.85. The molecule has 0 aromatic rings. The van der Waals surface area contributed by atoms with Gasteiger partial charge in [0.2, 0.25) is 5.91 Å². The van der Waals surface area contributed by atoms with Crippen molar-refractivity contribution in [3.8, 4) is 0 Å². The van der Waals surface area contributed by atoms with E-state index in [1.54, 1.807) is 7.11 Å². The van der Waals surface area contributed by atoms with E-state index in [4.69, 9.17) is 10.5 Å². The van der Waals surface area contributed by atoms with Gasteiger partial charge in [0.05, 0.1) is 12.4 Å². The lowest BCUT2D eigenvalue weighted by Gasteiger charge is -2.05. The lowest BCUT2D eigenvalue weighted by atomic mass is 10.2.